The van der Waals surface area contributed by atoms with Crippen molar-refractivity contribution in [3.05, 3.63) is 217 Å². The molecule has 1 atom stereocenters. The zero-order chi connectivity index (χ0) is 36.6. The zero-order valence-corrected chi connectivity index (χ0v) is 29.9. The normalized spacial score (nSPS) is 14.0. The molecule has 8 aromatic carbocycles. The van der Waals surface area contributed by atoms with Crippen LogP contribution in [0, 0.1) is 0 Å². The largest absolute Gasteiger partial charge is 0.456 e. The van der Waals surface area contributed by atoms with Crippen molar-refractivity contribution in [2.24, 2.45) is 9.98 Å². The van der Waals surface area contributed by atoms with Crippen molar-refractivity contribution < 1.29 is 4.42 Å². The second-order valence-corrected chi connectivity index (χ2v) is 13.8. The molecule has 10 rings (SSSR count). The lowest BCUT2D eigenvalue weighted by atomic mass is 9.95. The molecule has 9 aromatic rings. The van der Waals surface area contributed by atoms with Crippen LogP contribution in [0.2, 0.25) is 0 Å². The van der Waals surface area contributed by atoms with Crippen molar-refractivity contribution in [2.75, 3.05) is 0 Å². The maximum Gasteiger partial charge on any atom is 0.159 e. The number of nitrogens with zero attached hydrogens (tertiary/aromatic N) is 2. The molecule has 0 fully saturated rings. The highest BCUT2D eigenvalue weighted by molar-refractivity contribution is 6.24. The molecule has 55 heavy (non-hydrogen) atoms. The van der Waals surface area contributed by atoms with E-state index in [9.17, 15) is 0 Å². The summed E-state index contributed by atoms with van der Waals surface area (Å²) in [6.45, 7) is 0. The monoisotopic (exact) mass is 705 g/mol. The van der Waals surface area contributed by atoms with Crippen LogP contribution in [0.1, 0.15) is 22.9 Å². The van der Waals surface area contributed by atoms with Crippen LogP contribution in [0.15, 0.2) is 215 Å². The van der Waals surface area contributed by atoms with E-state index < -0.39 is 0 Å². The molecule has 0 radical (unpaired) electrons. The smallest absolute Gasteiger partial charge is 0.159 e. The van der Waals surface area contributed by atoms with Gasteiger partial charge in [0, 0.05) is 21.9 Å². The number of rotatable bonds is 7. The Labute approximate surface area is 319 Å². The summed E-state index contributed by atoms with van der Waals surface area (Å²) in [5, 5.41) is 5.78. The molecule has 0 saturated heterocycles. The van der Waals surface area contributed by atoms with E-state index in [-0.39, 0.29) is 6.17 Å². The van der Waals surface area contributed by atoms with Gasteiger partial charge in [0.15, 0.2) is 5.84 Å². The fourth-order valence-electron chi connectivity index (χ4n) is 7.60. The summed E-state index contributed by atoms with van der Waals surface area (Å²) >= 11 is 0. The van der Waals surface area contributed by atoms with Crippen LogP contribution < -0.4 is 5.32 Å². The van der Waals surface area contributed by atoms with Crippen molar-refractivity contribution in [2.45, 2.75) is 6.17 Å². The third-order valence-electron chi connectivity index (χ3n) is 10.4. The van der Waals surface area contributed by atoms with E-state index in [4.69, 9.17) is 14.4 Å². The topological polar surface area (TPSA) is 49.9 Å². The molecule has 1 aliphatic rings. The first-order chi connectivity index (χ1) is 27.2. The Morgan fingerprint density at radius 2 is 0.782 bits per heavy atom. The molecule has 0 aliphatic carbocycles. The van der Waals surface area contributed by atoms with Crippen LogP contribution in [0.4, 0.5) is 0 Å². The lowest BCUT2D eigenvalue weighted by molar-refractivity contribution is 0.668. The predicted octanol–water partition coefficient (Wildman–Crippen LogP) is 12.7. The van der Waals surface area contributed by atoms with Crippen LogP contribution in [-0.4, -0.2) is 11.7 Å². The Kier molecular flexibility index (Phi) is 8.19. The van der Waals surface area contributed by atoms with E-state index in [0.717, 1.165) is 66.7 Å². The minimum atomic E-state index is -0.327. The Hall–Kier alpha value is -7.30. The predicted molar refractivity (Wildman–Crippen MR) is 227 cm³/mol. The van der Waals surface area contributed by atoms with Crippen LogP contribution >= 0.6 is 0 Å². The Bertz CT molecular complexity index is 2840. The molecule has 0 saturated carbocycles. The van der Waals surface area contributed by atoms with Gasteiger partial charge in [-0.15, -0.1) is 0 Å². The number of nitrogens with one attached hydrogen (secondary N) is 1. The molecule has 1 aliphatic heterocycles. The summed E-state index contributed by atoms with van der Waals surface area (Å²) in [6.07, 6.45) is -0.327. The molecule has 1 N–H and O–H groups in total. The van der Waals surface area contributed by atoms with E-state index in [1.54, 1.807) is 0 Å². The molecular weight excluding hydrogens is 671 g/mol. The molecule has 2 heterocycles. The minimum Gasteiger partial charge on any atom is -0.456 e. The molecule has 1 aromatic heterocycles. The van der Waals surface area contributed by atoms with Gasteiger partial charge in [0.25, 0.3) is 0 Å². The van der Waals surface area contributed by atoms with Crippen molar-refractivity contribution >= 4 is 33.6 Å². The van der Waals surface area contributed by atoms with Gasteiger partial charge >= 0.3 is 0 Å². The first-order valence-electron chi connectivity index (χ1n) is 18.6. The van der Waals surface area contributed by atoms with Gasteiger partial charge in [-0.3, -0.25) is 0 Å². The Morgan fingerprint density at radius 1 is 0.364 bits per heavy atom. The third kappa shape index (κ3) is 6.20. The number of benzene rings is 8. The Morgan fingerprint density at radius 3 is 1.31 bits per heavy atom. The molecule has 4 heteroatoms. The summed E-state index contributed by atoms with van der Waals surface area (Å²) in [7, 11) is 0. The third-order valence-corrected chi connectivity index (χ3v) is 10.4. The molecule has 4 nitrogen and oxygen atoms in total. The van der Waals surface area contributed by atoms with E-state index >= 15 is 0 Å². The highest BCUT2D eigenvalue weighted by atomic mass is 16.3. The van der Waals surface area contributed by atoms with Crippen LogP contribution in [0.5, 0.6) is 0 Å². The highest BCUT2D eigenvalue weighted by Gasteiger charge is 2.25. The second-order valence-electron chi connectivity index (χ2n) is 13.8. The quantitative estimate of drug-likeness (QED) is 0.179. The lowest BCUT2D eigenvalue weighted by Crippen LogP contribution is -2.33. The number of hydrogen-bond donors (Lipinski definition) is 1. The Balaban J connectivity index is 1.05. The maximum atomic E-state index is 6.54. The van der Waals surface area contributed by atoms with Gasteiger partial charge < -0.3 is 9.73 Å². The molecule has 0 amide bonds. The van der Waals surface area contributed by atoms with E-state index in [2.05, 4.69) is 169 Å². The maximum absolute atomic E-state index is 6.54. The number of hydrogen-bond acceptors (Lipinski definition) is 4. The van der Waals surface area contributed by atoms with Crippen LogP contribution in [-0.2, 0) is 0 Å². The van der Waals surface area contributed by atoms with Crippen molar-refractivity contribution in [3.63, 3.8) is 0 Å². The van der Waals surface area contributed by atoms with Crippen molar-refractivity contribution in [1.82, 2.24) is 5.32 Å². The molecule has 0 bridgehead atoms. The van der Waals surface area contributed by atoms with E-state index in [1.807, 2.05) is 36.4 Å². The summed E-state index contributed by atoms with van der Waals surface area (Å²) < 4.78 is 6.54. The van der Waals surface area contributed by atoms with Gasteiger partial charge in [-0.1, -0.05) is 188 Å². The molecule has 260 valence electrons. The van der Waals surface area contributed by atoms with Gasteiger partial charge in [-0.2, -0.15) is 0 Å². The fraction of sp³-hybridized carbons (Fsp3) is 0.0196. The first kappa shape index (κ1) is 32.4. The van der Waals surface area contributed by atoms with Crippen LogP contribution in [0.3, 0.4) is 0 Å². The summed E-state index contributed by atoms with van der Waals surface area (Å²) in [6, 6.07) is 69.9. The average molecular weight is 706 g/mol. The minimum absolute atomic E-state index is 0.327. The molecule has 1 unspecified atom stereocenters. The van der Waals surface area contributed by atoms with Gasteiger partial charge in [0.2, 0.25) is 0 Å². The number of furan rings is 1. The fourth-order valence-corrected chi connectivity index (χ4v) is 7.60. The van der Waals surface area contributed by atoms with Gasteiger partial charge in [-0.25, -0.2) is 9.98 Å². The van der Waals surface area contributed by atoms with Crippen molar-refractivity contribution in [3.8, 4) is 44.5 Å². The summed E-state index contributed by atoms with van der Waals surface area (Å²) in [5.74, 6) is 1.43. The number of aliphatic imine (C=N–C) groups is 2. The summed E-state index contributed by atoms with van der Waals surface area (Å²) in [4.78, 5) is 10.4. The lowest BCUT2D eigenvalue weighted by Gasteiger charge is -2.24. The molecule has 0 spiro atoms. The standard InChI is InChI=1S/C51H35N3O/c1-4-12-34(13-5-1)36-22-24-38(25-23-36)39-28-32-42(33-29-39)50-52-49(41-16-8-3-9-17-41)53-51(54-50)44-19-11-21-46-48(44)47-43(18-10-20-45(47)55-46)40-30-26-37(27-31-40)35-14-6-2-7-15-35/h1-33,49H,(H,52,53,54). The first-order valence-corrected chi connectivity index (χ1v) is 18.6. The highest BCUT2D eigenvalue weighted by Crippen LogP contribution is 2.39. The van der Waals surface area contributed by atoms with Crippen LogP contribution in [0.25, 0.3) is 66.4 Å². The van der Waals surface area contributed by atoms with Crippen molar-refractivity contribution in [1.29, 1.82) is 0 Å². The second kappa shape index (κ2) is 13.9. The van der Waals surface area contributed by atoms with Gasteiger partial charge in [0.05, 0.1) is 0 Å². The summed E-state index contributed by atoms with van der Waals surface area (Å²) in [5.41, 5.74) is 14.0. The van der Waals surface area contributed by atoms with Gasteiger partial charge in [-0.05, 0) is 62.2 Å². The average Bonchev–Trinajstić information content (AvgIpc) is 3.67. The zero-order valence-electron chi connectivity index (χ0n) is 29.9. The van der Waals surface area contributed by atoms with Gasteiger partial charge in [0.1, 0.15) is 23.2 Å². The number of fused-ring (bicyclic) bond motifs is 3. The van der Waals surface area contributed by atoms with E-state index in [0.29, 0.717) is 5.84 Å². The van der Waals surface area contributed by atoms with E-state index in [1.165, 1.54) is 22.3 Å². The number of amidine groups is 2. The molecular formula is C51H35N3O. The SMILES string of the molecule is c1ccc(-c2ccc(-c3ccc(C4=NC(c5ccccc5)NC(c5cccc6oc7cccc(-c8ccc(-c9ccccc9)cc8)c7c56)=N4)cc3)cc2)cc1.